The molecule has 0 atom stereocenters. The van der Waals surface area contributed by atoms with Crippen LogP contribution >= 0.6 is 0 Å². The highest BCUT2D eigenvalue weighted by Gasteiger charge is 2.35. The van der Waals surface area contributed by atoms with Crippen molar-refractivity contribution < 1.29 is 28.6 Å². The Morgan fingerprint density at radius 2 is 0.719 bits per heavy atom. The fourth-order valence-corrected chi connectivity index (χ4v) is 8.27. The van der Waals surface area contributed by atoms with E-state index in [2.05, 4.69) is 20.9 Å². The lowest BCUT2D eigenvalue weighted by Gasteiger charge is -2.34. The smallest absolute Gasteiger partial charge is 0.152 e. The Hall–Kier alpha value is -6.37. The second-order valence-corrected chi connectivity index (χ2v) is 18.3. The van der Waals surface area contributed by atoms with Gasteiger partial charge < -0.3 is 30.2 Å². The van der Waals surface area contributed by atoms with Crippen molar-refractivity contribution in [3.8, 4) is 36.4 Å². The van der Waals surface area contributed by atoms with Gasteiger partial charge in [0.1, 0.15) is 53.1 Å². The van der Waals surface area contributed by atoms with Crippen LogP contribution in [0.1, 0.15) is 80.1 Å². The van der Waals surface area contributed by atoms with Crippen LogP contribution in [0.4, 0.5) is 0 Å². The van der Waals surface area contributed by atoms with Gasteiger partial charge in [0.05, 0.1) is 39.6 Å². The fourth-order valence-electron chi connectivity index (χ4n) is 8.27. The molecule has 64 heavy (non-hydrogen) atoms. The molecule has 0 heterocycles. The number of allylic oxidation sites excluding steroid dienone is 12. The maximum absolute atomic E-state index is 12.1. The van der Waals surface area contributed by atoms with E-state index >= 15 is 0 Å². The Morgan fingerprint density at radius 1 is 0.469 bits per heavy atom. The third-order valence-corrected chi connectivity index (χ3v) is 11.2. The summed E-state index contributed by atoms with van der Waals surface area (Å²) in [6.45, 7) is 17.2. The lowest BCUT2D eigenvalue weighted by Crippen LogP contribution is -2.36. The number of nitriles is 6. The normalized spacial score (nSPS) is 17.5. The number of nitrogens with one attached hydrogen (secondary N) is 3. The minimum absolute atomic E-state index is 0.0577. The Balaban J connectivity index is 1.60. The van der Waals surface area contributed by atoms with Gasteiger partial charge in [-0.2, -0.15) is 31.6 Å². The largest absolute Gasteiger partial charge is 0.385 e. The topological polar surface area (TPSA) is 261 Å². The molecule has 3 rings (SSSR count). The van der Waals surface area contributed by atoms with Crippen molar-refractivity contribution in [2.24, 2.45) is 16.2 Å². The van der Waals surface area contributed by atoms with Crippen LogP contribution in [0.3, 0.4) is 0 Å². The summed E-state index contributed by atoms with van der Waals surface area (Å²) >= 11 is 0. The number of hydrogen-bond donors (Lipinski definition) is 3. The molecule has 0 spiro atoms. The fraction of sp³-hybridized carbons (Fsp3) is 0.562. The number of nitrogens with zero attached hydrogens (tertiary/aromatic N) is 7. The van der Waals surface area contributed by atoms with Gasteiger partial charge in [-0.05, 0) is 71.5 Å². The monoisotopic (exact) mass is 872 g/mol. The molecule has 0 fully saturated rings. The first-order valence-corrected chi connectivity index (χ1v) is 21.4. The Morgan fingerprint density at radius 3 is 0.938 bits per heavy atom. The van der Waals surface area contributed by atoms with Crippen molar-refractivity contribution >= 4 is 18.9 Å². The molecule has 0 unspecified atom stereocenters. The molecule has 0 bridgehead atoms. The molecule has 0 aromatic carbocycles. The second kappa shape index (κ2) is 25.1. The van der Waals surface area contributed by atoms with E-state index in [9.17, 15) is 46.0 Å². The van der Waals surface area contributed by atoms with E-state index in [1.807, 2.05) is 78.0 Å². The maximum Gasteiger partial charge on any atom is 0.152 e. The van der Waals surface area contributed by atoms with Gasteiger partial charge in [-0.25, -0.2) is 0 Å². The summed E-state index contributed by atoms with van der Waals surface area (Å²) in [5, 5.41) is 66.9. The molecule has 3 aliphatic carbocycles. The third-order valence-electron chi connectivity index (χ3n) is 11.2. The van der Waals surface area contributed by atoms with E-state index in [4.69, 9.17) is 14.2 Å². The van der Waals surface area contributed by atoms with Gasteiger partial charge in [-0.1, -0.05) is 41.5 Å². The summed E-state index contributed by atoms with van der Waals surface area (Å²) in [6, 6.07) is 11.5. The molecule has 0 radical (unpaired) electrons. The molecule has 3 aliphatic rings. The van der Waals surface area contributed by atoms with Gasteiger partial charge in [-0.15, -0.1) is 0 Å². The Labute approximate surface area is 377 Å². The van der Waals surface area contributed by atoms with Crippen LogP contribution < -0.4 is 16.0 Å². The molecule has 16 nitrogen and oxygen atoms in total. The van der Waals surface area contributed by atoms with E-state index in [1.54, 1.807) is 0 Å². The molecule has 338 valence electrons. The van der Waals surface area contributed by atoms with Crippen LogP contribution in [0.25, 0.3) is 0 Å². The van der Waals surface area contributed by atoms with Gasteiger partial charge in [0.15, 0.2) is 18.9 Å². The van der Waals surface area contributed by atoms with E-state index in [0.29, 0.717) is 187 Å². The highest BCUT2D eigenvalue weighted by molar-refractivity contribution is 5.85. The summed E-state index contributed by atoms with van der Waals surface area (Å²) in [5.41, 5.74) is 3.53. The minimum atomic E-state index is -0.256. The first kappa shape index (κ1) is 52.0. The molecular formula is C48H60N10O6. The summed E-state index contributed by atoms with van der Waals surface area (Å²) in [7, 11) is 0. The Kier molecular flexibility index (Phi) is 20.4. The average Bonchev–Trinajstić information content (AvgIpc) is 3.24. The third kappa shape index (κ3) is 15.2. The van der Waals surface area contributed by atoms with E-state index in [-0.39, 0.29) is 33.0 Å². The van der Waals surface area contributed by atoms with E-state index < -0.39 is 0 Å². The van der Waals surface area contributed by atoms with Gasteiger partial charge in [0.25, 0.3) is 0 Å². The van der Waals surface area contributed by atoms with Gasteiger partial charge in [0.2, 0.25) is 0 Å². The van der Waals surface area contributed by atoms with Crippen LogP contribution in [-0.2, 0) is 28.6 Å². The molecule has 0 aliphatic heterocycles. The van der Waals surface area contributed by atoms with E-state index in [1.165, 1.54) is 0 Å². The molecule has 3 N–H and O–H groups in total. The zero-order valence-electron chi connectivity index (χ0n) is 38.0. The molecule has 0 aromatic rings. The van der Waals surface area contributed by atoms with Crippen LogP contribution in [0.15, 0.2) is 67.2 Å². The molecule has 0 saturated heterocycles. The number of rotatable bonds is 24. The second-order valence-electron chi connectivity index (χ2n) is 18.3. The first-order chi connectivity index (χ1) is 30.6. The van der Waals surface area contributed by atoms with Crippen LogP contribution in [0, 0.1) is 84.2 Å². The number of ether oxygens (including phenoxy) is 3. The van der Waals surface area contributed by atoms with Crippen LogP contribution in [-0.4, -0.2) is 103 Å². The minimum Gasteiger partial charge on any atom is -0.385 e. The summed E-state index contributed by atoms with van der Waals surface area (Å²) in [4.78, 5) is 38.4. The van der Waals surface area contributed by atoms with Gasteiger partial charge in [0, 0.05) is 73.1 Å². The summed E-state index contributed by atoms with van der Waals surface area (Å²) in [6.07, 6.45) is 5.19. The standard InChI is InChI=1S/C48H60N10O6/c1-46(2)19-37(34(25-49)26-50)40(31-59)43(22-46)55-7-13-62-16-10-58(11-17-63-14-8-56-44-23-47(3,4)20-38(41(44)32-60)35(27-51)28-52)12-18-64-15-9-57-45-24-48(5,6)21-39(42(45)33-61)36(29-53)30-54/h31-33,55-57H,7-24H2,1-6H3. The Bertz CT molecular complexity index is 1920. The predicted octanol–water partition coefficient (Wildman–Crippen LogP) is 4.96. The zero-order chi connectivity index (χ0) is 47.3. The summed E-state index contributed by atoms with van der Waals surface area (Å²) in [5.74, 6) is 0. The molecular weight excluding hydrogens is 813 g/mol. The van der Waals surface area contributed by atoms with Crippen LogP contribution in [0.5, 0.6) is 0 Å². The van der Waals surface area contributed by atoms with Crippen molar-refractivity contribution in [3.05, 3.63) is 67.2 Å². The molecule has 16 heteroatoms. The molecule has 0 amide bonds. The quantitative estimate of drug-likeness (QED) is 0.0658. The highest BCUT2D eigenvalue weighted by Crippen LogP contribution is 2.43. The maximum atomic E-state index is 12.1. The van der Waals surface area contributed by atoms with Crippen molar-refractivity contribution in [1.29, 1.82) is 31.6 Å². The molecule has 0 saturated carbocycles. The lowest BCUT2D eigenvalue weighted by molar-refractivity contribution is -0.105. The number of hydrogen-bond acceptors (Lipinski definition) is 16. The van der Waals surface area contributed by atoms with Crippen molar-refractivity contribution in [3.63, 3.8) is 0 Å². The SMILES string of the molecule is CC1(C)CC(NCCOCCN(CCOCCNC2=C(C=O)C(=C(C#N)C#N)CC(C)(C)C2)CCOCCNC2=C(C=O)C(=C(C#N)C#N)CC(C)(C)C2)=C(C=O)C(=C(C#N)C#N)C1. The van der Waals surface area contributed by atoms with Crippen molar-refractivity contribution in [2.75, 3.05) is 78.9 Å². The number of carbonyl (C=O) groups excluding carboxylic acids is 3. The van der Waals surface area contributed by atoms with Crippen molar-refractivity contribution in [2.45, 2.75) is 80.1 Å². The highest BCUT2D eigenvalue weighted by atomic mass is 16.5. The van der Waals surface area contributed by atoms with Gasteiger partial charge in [-0.3, -0.25) is 19.3 Å². The first-order valence-electron chi connectivity index (χ1n) is 21.4. The number of carbonyl (C=O) groups is 3. The lowest BCUT2D eigenvalue weighted by atomic mass is 9.73. The average molecular weight is 873 g/mol. The van der Waals surface area contributed by atoms with Crippen LogP contribution in [0.2, 0.25) is 0 Å². The van der Waals surface area contributed by atoms with Gasteiger partial charge >= 0.3 is 0 Å². The predicted molar refractivity (Wildman–Crippen MR) is 236 cm³/mol. The van der Waals surface area contributed by atoms with E-state index in [0.717, 1.165) is 0 Å². The summed E-state index contributed by atoms with van der Waals surface area (Å²) < 4.78 is 18.0. The molecule has 0 aromatic heterocycles. The van der Waals surface area contributed by atoms with Crippen molar-refractivity contribution in [1.82, 2.24) is 20.9 Å². The number of aldehydes is 3. The zero-order valence-corrected chi connectivity index (χ0v) is 38.0.